The summed E-state index contributed by atoms with van der Waals surface area (Å²) < 4.78 is 1.87. The molecule has 0 spiro atoms. The summed E-state index contributed by atoms with van der Waals surface area (Å²) >= 11 is 0. The molecule has 0 aromatic carbocycles. The molecule has 4 nitrogen and oxygen atoms in total. The van der Waals surface area contributed by atoms with Crippen LogP contribution in [0.4, 0.5) is 0 Å². The van der Waals surface area contributed by atoms with Gasteiger partial charge in [-0.1, -0.05) is 0 Å². The van der Waals surface area contributed by atoms with E-state index in [1.807, 2.05) is 17.9 Å². The molecule has 2 rings (SSSR count). The third kappa shape index (κ3) is 2.87. The minimum Gasteiger partial charge on any atom is -0.309 e. The van der Waals surface area contributed by atoms with Crippen LogP contribution in [-0.2, 0) is 13.6 Å². The molecule has 4 heteroatoms. The molecule has 1 saturated heterocycles. The third-order valence-corrected chi connectivity index (χ3v) is 3.56. The number of aryl methyl sites for hydroxylation is 1. The van der Waals surface area contributed by atoms with Gasteiger partial charge in [0, 0.05) is 44.0 Å². The van der Waals surface area contributed by atoms with Gasteiger partial charge in [-0.15, -0.1) is 0 Å². The Balaban J connectivity index is 2.11. The lowest BCUT2D eigenvalue weighted by Crippen LogP contribution is -2.65. The lowest BCUT2D eigenvalue weighted by atomic mass is 9.91. The van der Waals surface area contributed by atoms with Crippen LogP contribution in [0.25, 0.3) is 0 Å². The summed E-state index contributed by atoms with van der Waals surface area (Å²) in [7, 11) is 1.97. The van der Waals surface area contributed by atoms with Gasteiger partial charge in [0.1, 0.15) is 0 Å². The van der Waals surface area contributed by atoms with E-state index in [2.05, 4.69) is 49.1 Å². The van der Waals surface area contributed by atoms with Gasteiger partial charge in [-0.25, -0.2) is 0 Å². The van der Waals surface area contributed by atoms with E-state index >= 15 is 0 Å². The van der Waals surface area contributed by atoms with Crippen molar-refractivity contribution in [3.8, 4) is 0 Å². The second kappa shape index (κ2) is 4.10. The summed E-state index contributed by atoms with van der Waals surface area (Å²) in [6.07, 6.45) is 2.01. The molecule has 0 radical (unpaired) electrons. The zero-order valence-corrected chi connectivity index (χ0v) is 11.6. The van der Waals surface area contributed by atoms with Gasteiger partial charge in [0.15, 0.2) is 0 Å². The van der Waals surface area contributed by atoms with Crippen molar-refractivity contribution in [2.75, 3.05) is 13.1 Å². The first-order chi connectivity index (χ1) is 7.78. The summed E-state index contributed by atoms with van der Waals surface area (Å²) in [5, 5.41) is 8.07. The lowest BCUT2D eigenvalue weighted by molar-refractivity contribution is 0.0313. The maximum absolute atomic E-state index is 4.47. The van der Waals surface area contributed by atoms with Gasteiger partial charge in [0.05, 0.1) is 5.69 Å². The molecule has 1 aliphatic heterocycles. The Morgan fingerprint density at radius 3 is 2.65 bits per heavy atom. The number of piperazine rings is 1. The summed E-state index contributed by atoms with van der Waals surface area (Å²) in [5.41, 5.74) is 1.52. The van der Waals surface area contributed by atoms with Crippen LogP contribution in [-0.4, -0.2) is 38.8 Å². The molecule has 1 aromatic heterocycles. The van der Waals surface area contributed by atoms with E-state index in [0.717, 1.165) is 25.3 Å². The van der Waals surface area contributed by atoms with Crippen molar-refractivity contribution in [3.05, 3.63) is 18.0 Å². The van der Waals surface area contributed by atoms with Gasteiger partial charge in [0.25, 0.3) is 0 Å². The van der Waals surface area contributed by atoms with Gasteiger partial charge < -0.3 is 5.32 Å². The number of hydrogen-bond acceptors (Lipinski definition) is 3. The van der Waals surface area contributed by atoms with Crippen LogP contribution in [0.1, 0.15) is 33.4 Å². The normalized spacial score (nSPS) is 23.8. The molecule has 0 atom stereocenters. The highest BCUT2D eigenvalue weighted by atomic mass is 15.3. The first kappa shape index (κ1) is 12.6. The molecule has 2 heterocycles. The molecule has 0 unspecified atom stereocenters. The monoisotopic (exact) mass is 236 g/mol. The fourth-order valence-electron chi connectivity index (χ4n) is 2.33. The summed E-state index contributed by atoms with van der Waals surface area (Å²) in [4.78, 5) is 2.52. The highest BCUT2D eigenvalue weighted by Gasteiger charge is 2.37. The first-order valence-electron chi connectivity index (χ1n) is 6.27. The second-order valence-electron chi connectivity index (χ2n) is 6.39. The Morgan fingerprint density at radius 1 is 1.35 bits per heavy atom. The van der Waals surface area contributed by atoms with Gasteiger partial charge in [-0.05, 0) is 33.8 Å². The fraction of sp³-hybridized carbons (Fsp3) is 0.769. The van der Waals surface area contributed by atoms with Crippen molar-refractivity contribution >= 4 is 0 Å². The summed E-state index contributed by atoms with van der Waals surface area (Å²) in [5.74, 6) is 0. The largest absolute Gasteiger partial charge is 0.309 e. The molecule has 0 aliphatic carbocycles. The van der Waals surface area contributed by atoms with Crippen LogP contribution in [0.2, 0.25) is 0 Å². The minimum absolute atomic E-state index is 0.185. The summed E-state index contributed by atoms with van der Waals surface area (Å²) in [6.45, 7) is 12.1. The molecule has 0 amide bonds. The molecule has 1 N–H and O–H groups in total. The molecular weight excluding hydrogens is 212 g/mol. The van der Waals surface area contributed by atoms with E-state index in [0.29, 0.717) is 0 Å². The van der Waals surface area contributed by atoms with Gasteiger partial charge in [-0.3, -0.25) is 9.58 Å². The first-order valence-corrected chi connectivity index (χ1v) is 6.27. The predicted octanol–water partition coefficient (Wildman–Crippen LogP) is 1.38. The Hall–Kier alpha value is -0.870. The van der Waals surface area contributed by atoms with E-state index in [1.54, 1.807) is 0 Å². The number of aromatic nitrogens is 2. The van der Waals surface area contributed by atoms with Crippen LogP contribution in [0.5, 0.6) is 0 Å². The van der Waals surface area contributed by atoms with E-state index in [4.69, 9.17) is 0 Å². The smallest absolute Gasteiger partial charge is 0.0764 e. The lowest BCUT2D eigenvalue weighted by Gasteiger charge is -2.49. The maximum Gasteiger partial charge on any atom is 0.0764 e. The zero-order chi connectivity index (χ0) is 12.7. The number of rotatable bonds is 2. The van der Waals surface area contributed by atoms with Gasteiger partial charge in [0.2, 0.25) is 0 Å². The summed E-state index contributed by atoms with van der Waals surface area (Å²) in [6, 6.07) is 2.10. The maximum atomic E-state index is 4.47. The molecule has 96 valence electrons. The topological polar surface area (TPSA) is 33.1 Å². The molecule has 0 saturated carbocycles. The highest BCUT2D eigenvalue weighted by Crippen LogP contribution is 2.24. The van der Waals surface area contributed by atoms with Gasteiger partial charge in [-0.2, -0.15) is 5.10 Å². The average molecular weight is 236 g/mol. The minimum atomic E-state index is 0.185. The Bertz CT molecular complexity index is 392. The molecule has 1 aromatic rings. The SMILES string of the molecule is Cn1ccc(CN2CC(C)(C)NCC2(C)C)n1. The third-order valence-electron chi connectivity index (χ3n) is 3.56. The van der Waals surface area contributed by atoms with Crippen molar-refractivity contribution in [3.63, 3.8) is 0 Å². The predicted molar refractivity (Wildman–Crippen MR) is 69.8 cm³/mol. The van der Waals surface area contributed by atoms with Crippen LogP contribution >= 0.6 is 0 Å². The van der Waals surface area contributed by atoms with E-state index in [-0.39, 0.29) is 11.1 Å². The molecule has 1 fully saturated rings. The van der Waals surface area contributed by atoms with Crippen LogP contribution in [0.15, 0.2) is 12.3 Å². The van der Waals surface area contributed by atoms with Crippen LogP contribution in [0.3, 0.4) is 0 Å². The van der Waals surface area contributed by atoms with Crippen LogP contribution in [0, 0.1) is 0 Å². The highest BCUT2D eigenvalue weighted by molar-refractivity contribution is 5.04. The number of nitrogens with one attached hydrogen (secondary N) is 1. The zero-order valence-electron chi connectivity index (χ0n) is 11.6. The van der Waals surface area contributed by atoms with Crippen LogP contribution < -0.4 is 5.32 Å². The number of hydrogen-bond donors (Lipinski definition) is 1. The fourth-order valence-corrected chi connectivity index (χ4v) is 2.33. The Kier molecular flexibility index (Phi) is 3.04. The van der Waals surface area contributed by atoms with E-state index in [9.17, 15) is 0 Å². The number of nitrogens with zero attached hydrogens (tertiary/aromatic N) is 3. The Morgan fingerprint density at radius 2 is 2.06 bits per heavy atom. The Labute approximate surface area is 104 Å². The quantitative estimate of drug-likeness (QED) is 0.842. The molecule has 1 aliphatic rings. The van der Waals surface area contributed by atoms with Crippen molar-refractivity contribution < 1.29 is 0 Å². The standard InChI is InChI=1S/C13H24N4/c1-12(2)10-17(13(3,4)9-14-12)8-11-6-7-16(5)15-11/h6-7,14H,8-10H2,1-5H3. The molecule has 17 heavy (non-hydrogen) atoms. The van der Waals surface area contributed by atoms with Crippen molar-refractivity contribution in [1.29, 1.82) is 0 Å². The van der Waals surface area contributed by atoms with E-state index in [1.165, 1.54) is 0 Å². The average Bonchev–Trinajstić information content (AvgIpc) is 2.59. The van der Waals surface area contributed by atoms with E-state index < -0.39 is 0 Å². The molecule has 0 bridgehead atoms. The van der Waals surface area contributed by atoms with Crippen molar-refractivity contribution in [2.24, 2.45) is 7.05 Å². The van der Waals surface area contributed by atoms with Gasteiger partial charge >= 0.3 is 0 Å². The van der Waals surface area contributed by atoms with Crippen molar-refractivity contribution in [2.45, 2.75) is 45.3 Å². The molecular formula is C13H24N4. The second-order valence-corrected chi connectivity index (χ2v) is 6.39. The van der Waals surface area contributed by atoms with Crippen molar-refractivity contribution in [1.82, 2.24) is 20.0 Å².